The van der Waals surface area contributed by atoms with Gasteiger partial charge in [0.2, 0.25) is 10.0 Å². The van der Waals surface area contributed by atoms with Crippen LogP contribution in [0.25, 0.3) is 0 Å². The number of sulfonamides is 1. The number of methoxy groups -OCH3 is 1. The highest BCUT2D eigenvalue weighted by Gasteiger charge is 2.26. The monoisotopic (exact) mass is 264 g/mol. The summed E-state index contributed by atoms with van der Waals surface area (Å²) in [5.74, 6) is 0. The van der Waals surface area contributed by atoms with Crippen LogP contribution in [0.1, 0.15) is 19.3 Å². The van der Waals surface area contributed by atoms with Gasteiger partial charge in [0.25, 0.3) is 0 Å². The Kier molecular flexibility index (Phi) is 5.85. The van der Waals surface area contributed by atoms with Gasteiger partial charge in [-0.1, -0.05) is 0 Å². The predicted octanol–water partition coefficient (Wildman–Crippen LogP) is 0.379. The van der Waals surface area contributed by atoms with Gasteiger partial charge in [-0.3, -0.25) is 0 Å². The maximum Gasteiger partial charge on any atom is 0.211 e. The zero-order valence-corrected chi connectivity index (χ0v) is 11.9. The summed E-state index contributed by atoms with van der Waals surface area (Å²) in [4.78, 5) is 2.32. The normalized spacial score (nSPS) is 20.0. The van der Waals surface area contributed by atoms with Crippen molar-refractivity contribution in [1.29, 1.82) is 0 Å². The van der Waals surface area contributed by atoms with E-state index in [4.69, 9.17) is 4.74 Å². The van der Waals surface area contributed by atoms with Gasteiger partial charge >= 0.3 is 0 Å². The molecule has 0 spiro atoms. The number of hydrogen-bond donors (Lipinski definition) is 0. The molecule has 0 unspecified atom stereocenters. The predicted molar refractivity (Wildman–Crippen MR) is 68.6 cm³/mol. The summed E-state index contributed by atoms with van der Waals surface area (Å²) in [5.41, 5.74) is 0. The van der Waals surface area contributed by atoms with Crippen molar-refractivity contribution in [2.45, 2.75) is 25.3 Å². The smallest absolute Gasteiger partial charge is 0.211 e. The Morgan fingerprint density at radius 3 is 2.41 bits per heavy atom. The molecule has 0 aromatic carbocycles. The number of ether oxygens (including phenoxy) is 1. The molecule has 5 nitrogen and oxygen atoms in total. The third-order valence-electron chi connectivity index (χ3n) is 3.38. The zero-order valence-electron chi connectivity index (χ0n) is 11.1. The van der Waals surface area contributed by atoms with E-state index in [0.717, 1.165) is 32.4 Å². The molecular weight excluding hydrogens is 240 g/mol. The molecule has 1 saturated heterocycles. The number of nitrogens with zero attached hydrogens (tertiary/aromatic N) is 2. The maximum atomic E-state index is 11.4. The summed E-state index contributed by atoms with van der Waals surface area (Å²) in [5, 5.41) is 0. The SMILES string of the molecule is COCCCN(C)C1CCN(S(C)(=O)=O)CC1. The first-order valence-corrected chi connectivity index (χ1v) is 7.94. The molecule has 1 fully saturated rings. The maximum absolute atomic E-state index is 11.4. The average Bonchev–Trinajstić information content (AvgIpc) is 2.28. The minimum Gasteiger partial charge on any atom is -0.385 e. The van der Waals surface area contributed by atoms with E-state index in [0.29, 0.717) is 19.1 Å². The Labute approximate surface area is 105 Å². The standard InChI is InChI=1S/C11H24N2O3S/c1-12(7-4-10-16-2)11-5-8-13(9-6-11)17(3,14)15/h11H,4-10H2,1-3H3. The van der Waals surface area contributed by atoms with Crippen LogP contribution >= 0.6 is 0 Å². The molecule has 0 atom stereocenters. The van der Waals surface area contributed by atoms with Crippen molar-refractivity contribution in [2.24, 2.45) is 0 Å². The molecular formula is C11H24N2O3S. The van der Waals surface area contributed by atoms with Crippen LogP contribution in [0.15, 0.2) is 0 Å². The summed E-state index contributed by atoms with van der Waals surface area (Å²) >= 11 is 0. The Balaban J connectivity index is 2.31. The quantitative estimate of drug-likeness (QED) is 0.651. The van der Waals surface area contributed by atoms with Gasteiger partial charge in [0.1, 0.15) is 0 Å². The van der Waals surface area contributed by atoms with Crippen LogP contribution in [0.5, 0.6) is 0 Å². The highest BCUT2D eigenvalue weighted by atomic mass is 32.2. The van der Waals surface area contributed by atoms with Crippen LogP contribution in [0.4, 0.5) is 0 Å². The molecule has 1 aliphatic rings. The molecule has 0 aliphatic carbocycles. The number of piperidine rings is 1. The van der Waals surface area contributed by atoms with E-state index in [1.54, 1.807) is 11.4 Å². The Morgan fingerprint density at radius 2 is 1.94 bits per heavy atom. The molecule has 0 aromatic rings. The van der Waals surface area contributed by atoms with Crippen molar-refractivity contribution in [3.05, 3.63) is 0 Å². The fourth-order valence-corrected chi connectivity index (χ4v) is 3.13. The molecule has 6 heteroatoms. The van der Waals surface area contributed by atoms with Gasteiger partial charge in [0, 0.05) is 39.4 Å². The summed E-state index contributed by atoms with van der Waals surface area (Å²) in [7, 11) is 0.819. The summed E-state index contributed by atoms with van der Waals surface area (Å²) in [6.45, 7) is 3.10. The highest BCUT2D eigenvalue weighted by Crippen LogP contribution is 2.17. The zero-order chi connectivity index (χ0) is 12.9. The van der Waals surface area contributed by atoms with Crippen molar-refractivity contribution < 1.29 is 13.2 Å². The summed E-state index contributed by atoms with van der Waals surface area (Å²) < 4.78 is 29.3. The van der Waals surface area contributed by atoms with Crippen molar-refractivity contribution in [3.8, 4) is 0 Å². The largest absolute Gasteiger partial charge is 0.385 e. The Morgan fingerprint density at radius 1 is 1.35 bits per heavy atom. The Bertz CT molecular complexity index is 311. The molecule has 0 saturated carbocycles. The van der Waals surface area contributed by atoms with E-state index in [2.05, 4.69) is 11.9 Å². The lowest BCUT2D eigenvalue weighted by Crippen LogP contribution is -2.45. The van der Waals surface area contributed by atoms with Crippen molar-refractivity contribution >= 4 is 10.0 Å². The van der Waals surface area contributed by atoms with Gasteiger partial charge < -0.3 is 9.64 Å². The van der Waals surface area contributed by atoms with Gasteiger partial charge in [0.15, 0.2) is 0 Å². The van der Waals surface area contributed by atoms with E-state index < -0.39 is 10.0 Å². The minimum absolute atomic E-state index is 0.504. The fraction of sp³-hybridized carbons (Fsp3) is 1.00. The second-order valence-electron chi connectivity index (χ2n) is 4.72. The van der Waals surface area contributed by atoms with Crippen LogP contribution in [-0.2, 0) is 14.8 Å². The van der Waals surface area contributed by atoms with E-state index in [-0.39, 0.29) is 0 Å². The minimum atomic E-state index is -3.00. The first-order valence-electron chi connectivity index (χ1n) is 6.09. The molecule has 0 bridgehead atoms. The van der Waals surface area contributed by atoms with Crippen molar-refractivity contribution in [1.82, 2.24) is 9.21 Å². The third kappa shape index (κ3) is 4.91. The summed E-state index contributed by atoms with van der Waals surface area (Å²) in [6.07, 6.45) is 4.17. The van der Waals surface area contributed by atoms with E-state index in [1.807, 2.05) is 0 Å². The number of hydrogen-bond acceptors (Lipinski definition) is 4. The van der Waals surface area contributed by atoms with Gasteiger partial charge in [-0.25, -0.2) is 12.7 Å². The van der Waals surface area contributed by atoms with E-state index in [9.17, 15) is 8.42 Å². The van der Waals surface area contributed by atoms with Gasteiger partial charge in [0.05, 0.1) is 6.26 Å². The molecule has 1 heterocycles. The first kappa shape index (κ1) is 14.9. The first-order chi connectivity index (χ1) is 7.95. The Hall–Kier alpha value is -0.170. The lowest BCUT2D eigenvalue weighted by atomic mass is 10.1. The molecule has 0 aromatic heterocycles. The second-order valence-corrected chi connectivity index (χ2v) is 6.70. The lowest BCUT2D eigenvalue weighted by molar-refractivity contribution is 0.140. The molecule has 1 aliphatic heterocycles. The highest BCUT2D eigenvalue weighted by molar-refractivity contribution is 7.88. The second kappa shape index (κ2) is 6.68. The van der Waals surface area contributed by atoms with E-state index >= 15 is 0 Å². The van der Waals surface area contributed by atoms with Gasteiger partial charge in [-0.15, -0.1) is 0 Å². The summed E-state index contributed by atoms with van der Waals surface area (Å²) in [6, 6.07) is 0.504. The molecule has 0 amide bonds. The molecule has 17 heavy (non-hydrogen) atoms. The topological polar surface area (TPSA) is 49.9 Å². The number of rotatable bonds is 6. The van der Waals surface area contributed by atoms with Crippen molar-refractivity contribution in [3.63, 3.8) is 0 Å². The van der Waals surface area contributed by atoms with E-state index in [1.165, 1.54) is 6.26 Å². The van der Waals surface area contributed by atoms with Crippen LogP contribution < -0.4 is 0 Å². The van der Waals surface area contributed by atoms with Crippen LogP contribution in [0.2, 0.25) is 0 Å². The van der Waals surface area contributed by atoms with Crippen LogP contribution in [0, 0.1) is 0 Å². The van der Waals surface area contributed by atoms with Crippen LogP contribution in [0.3, 0.4) is 0 Å². The molecule has 0 N–H and O–H groups in total. The van der Waals surface area contributed by atoms with Crippen LogP contribution in [-0.4, -0.2) is 70.3 Å². The third-order valence-corrected chi connectivity index (χ3v) is 4.68. The molecule has 102 valence electrons. The van der Waals surface area contributed by atoms with Gasteiger partial charge in [-0.2, -0.15) is 0 Å². The van der Waals surface area contributed by atoms with Gasteiger partial charge in [-0.05, 0) is 26.3 Å². The average molecular weight is 264 g/mol. The molecule has 0 radical (unpaired) electrons. The van der Waals surface area contributed by atoms with Crippen molar-refractivity contribution in [2.75, 3.05) is 46.7 Å². The molecule has 1 rings (SSSR count). The fourth-order valence-electron chi connectivity index (χ4n) is 2.26. The lowest BCUT2D eigenvalue weighted by Gasteiger charge is -2.35.